The fourth-order valence-electron chi connectivity index (χ4n) is 9.53. The Morgan fingerprint density at radius 1 is 0.909 bits per heavy atom. The van der Waals surface area contributed by atoms with E-state index in [1.165, 1.54) is 44.9 Å². The van der Waals surface area contributed by atoms with E-state index in [1.807, 2.05) is 0 Å². The lowest BCUT2D eigenvalue weighted by Gasteiger charge is -2.62. The van der Waals surface area contributed by atoms with E-state index >= 15 is 0 Å². The first-order valence-corrected chi connectivity index (χ1v) is 15.1. The maximum absolute atomic E-state index is 11.8. The van der Waals surface area contributed by atoms with Gasteiger partial charge in [-0.15, -0.1) is 0 Å². The van der Waals surface area contributed by atoms with E-state index in [0.29, 0.717) is 36.0 Å². The largest absolute Gasteiger partial charge is 0.397 e. The van der Waals surface area contributed by atoms with Gasteiger partial charge in [0.1, 0.15) is 0 Å². The zero-order chi connectivity index (χ0) is 24.2. The van der Waals surface area contributed by atoms with Crippen LogP contribution in [0.4, 0.5) is 0 Å². The number of rotatable bonds is 7. The predicted molar refractivity (Wildman–Crippen MR) is 131 cm³/mol. The highest BCUT2D eigenvalue weighted by Gasteiger charge is 2.63. The zero-order valence-corrected chi connectivity index (χ0v) is 22.3. The minimum atomic E-state index is -4.52. The average molecular weight is 485 g/mol. The van der Waals surface area contributed by atoms with Crippen molar-refractivity contribution in [1.82, 2.24) is 0 Å². The van der Waals surface area contributed by atoms with Gasteiger partial charge in [-0.25, -0.2) is 4.18 Å². The summed E-state index contributed by atoms with van der Waals surface area (Å²) in [4.78, 5) is 0. The first-order valence-electron chi connectivity index (χ1n) is 13.7. The smallest absolute Gasteiger partial charge is 0.393 e. The van der Waals surface area contributed by atoms with Crippen LogP contribution in [0.1, 0.15) is 105 Å². The second kappa shape index (κ2) is 9.37. The van der Waals surface area contributed by atoms with Crippen molar-refractivity contribution in [2.45, 2.75) is 117 Å². The molecule has 2 N–H and O–H groups in total. The minimum Gasteiger partial charge on any atom is -0.393 e. The molecular formula is C27H48O5S. The van der Waals surface area contributed by atoms with Gasteiger partial charge in [0.15, 0.2) is 0 Å². The summed E-state index contributed by atoms with van der Waals surface area (Å²) in [6.45, 7) is 11.9. The maximum Gasteiger partial charge on any atom is 0.397 e. The van der Waals surface area contributed by atoms with E-state index in [0.717, 1.165) is 30.6 Å². The van der Waals surface area contributed by atoms with Crippen molar-refractivity contribution in [3.8, 4) is 0 Å². The topological polar surface area (TPSA) is 83.8 Å². The number of hydrogen-bond acceptors (Lipinski definition) is 4. The number of hydrogen-bond donors (Lipinski definition) is 2. The molecule has 0 amide bonds. The van der Waals surface area contributed by atoms with Gasteiger partial charge in [0.05, 0.1) is 12.2 Å². The third-order valence-corrected chi connectivity index (χ3v) is 11.6. The average Bonchev–Trinajstić information content (AvgIpc) is 3.05. The highest BCUT2D eigenvalue weighted by Crippen LogP contribution is 2.68. The third kappa shape index (κ3) is 4.93. The molecular weight excluding hydrogens is 436 g/mol. The Morgan fingerprint density at radius 3 is 2.24 bits per heavy atom. The van der Waals surface area contributed by atoms with Crippen LogP contribution < -0.4 is 0 Å². The van der Waals surface area contributed by atoms with Gasteiger partial charge in [0, 0.05) is 0 Å². The Kier molecular flexibility index (Phi) is 7.35. The van der Waals surface area contributed by atoms with E-state index in [2.05, 4.69) is 34.6 Å². The molecule has 10 atom stereocenters. The molecule has 4 fully saturated rings. The van der Waals surface area contributed by atoms with Crippen LogP contribution in [-0.4, -0.2) is 30.3 Å². The molecule has 0 heterocycles. The molecule has 5 nitrogen and oxygen atoms in total. The summed E-state index contributed by atoms with van der Waals surface area (Å²) in [6.07, 6.45) is 11.0. The van der Waals surface area contributed by atoms with Crippen LogP contribution >= 0.6 is 0 Å². The van der Waals surface area contributed by atoms with Gasteiger partial charge in [-0.1, -0.05) is 53.9 Å². The standard InChI is InChI=1S/C27H48O5S/c1-17(2)7-6-8-18(3)21-9-10-22-20-16-25(32-33(29,30)31)24-15-19(28)11-13-27(24,5)23(20)12-14-26(21,22)4/h17-25,28H,6-16H2,1-5H3,(H,29,30,31)/t18-,19?,20?,21-,22?,23?,24?,25?,26-,27-/m1/s1. The molecule has 0 saturated heterocycles. The molecule has 0 aliphatic heterocycles. The monoisotopic (exact) mass is 484 g/mol. The minimum absolute atomic E-state index is 0.0130. The summed E-state index contributed by atoms with van der Waals surface area (Å²) in [5.74, 6) is 3.84. The van der Waals surface area contributed by atoms with Crippen molar-refractivity contribution in [3.05, 3.63) is 0 Å². The van der Waals surface area contributed by atoms with Crippen LogP contribution in [0.5, 0.6) is 0 Å². The molecule has 0 spiro atoms. The van der Waals surface area contributed by atoms with Crippen LogP contribution in [0.15, 0.2) is 0 Å². The van der Waals surface area contributed by atoms with Crippen molar-refractivity contribution in [2.24, 2.45) is 52.3 Å². The molecule has 33 heavy (non-hydrogen) atoms. The van der Waals surface area contributed by atoms with Gasteiger partial charge in [-0.3, -0.25) is 4.55 Å². The molecule has 0 aromatic rings. The fourth-order valence-corrected chi connectivity index (χ4v) is 10.1. The Morgan fingerprint density at radius 2 is 1.58 bits per heavy atom. The van der Waals surface area contributed by atoms with Crippen molar-refractivity contribution in [3.63, 3.8) is 0 Å². The van der Waals surface area contributed by atoms with E-state index in [9.17, 15) is 18.1 Å². The molecule has 4 aliphatic carbocycles. The van der Waals surface area contributed by atoms with Gasteiger partial charge in [0.2, 0.25) is 0 Å². The Labute approximate surface area is 202 Å². The summed E-state index contributed by atoms with van der Waals surface area (Å²) in [5, 5.41) is 10.4. The molecule has 6 unspecified atom stereocenters. The summed E-state index contributed by atoms with van der Waals surface area (Å²) in [7, 11) is -4.52. The van der Waals surface area contributed by atoms with Gasteiger partial charge >= 0.3 is 10.4 Å². The van der Waals surface area contributed by atoms with Crippen LogP contribution in [0, 0.1) is 52.3 Å². The fraction of sp³-hybridized carbons (Fsp3) is 1.00. The molecule has 192 valence electrons. The second-order valence-electron chi connectivity index (χ2n) is 13.2. The molecule has 4 saturated carbocycles. The zero-order valence-electron chi connectivity index (χ0n) is 21.5. The lowest BCUT2D eigenvalue weighted by atomic mass is 9.43. The molecule has 6 heteroatoms. The van der Waals surface area contributed by atoms with E-state index in [1.54, 1.807) is 0 Å². The quantitative estimate of drug-likeness (QED) is 0.416. The Bertz CT molecular complexity index is 796. The SMILES string of the molecule is CC(C)CCC[C@@H](C)[C@H]1CCC2C3CC(OS(=O)(=O)O)C4CC(O)CC[C@]4(C)C3CC[C@@]21C. The highest BCUT2D eigenvalue weighted by molar-refractivity contribution is 7.80. The van der Waals surface area contributed by atoms with E-state index in [-0.39, 0.29) is 11.3 Å². The number of aliphatic hydroxyl groups is 1. The highest BCUT2D eigenvalue weighted by atomic mass is 32.3. The van der Waals surface area contributed by atoms with Gasteiger partial charge in [0.25, 0.3) is 0 Å². The second-order valence-corrected chi connectivity index (χ2v) is 14.3. The Balaban J connectivity index is 1.57. The van der Waals surface area contributed by atoms with Gasteiger partial charge in [-0.2, -0.15) is 8.42 Å². The molecule has 0 radical (unpaired) electrons. The van der Waals surface area contributed by atoms with Gasteiger partial charge < -0.3 is 5.11 Å². The summed E-state index contributed by atoms with van der Waals surface area (Å²) >= 11 is 0. The van der Waals surface area contributed by atoms with Gasteiger partial charge in [-0.05, 0) is 104 Å². The van der Waals surface area contributed by atoms with E-state index < -0.39 is 22.6 Å². The lowest BCUT2D eigenvalue weighted by molar-refractivity contribution is -0.166. The summed E-state index contributed by atoms with van der Waals surface area (Å²) in [6, 6.07) is 0. The van der Waals surface area contributed by atoms with Crippen LogP contribution in [0.2, 0.25) is 0 Å². The Hall–Kier alpha value is -0.170. The normalized spacial score (nSPS) is 46.5. The maximum atomic E-state index is 11.8. The molecule has 4 rings (SSSR count). The first kappa shape index (κ1) is 25.9. The molecule has 4 aliphatic rings. The number of fused-ring (bicyclic) bond motifs is 5. The van der Waals surface area contributed by atoms with Crippen molar-refractivity contribution < 1.29 is 22.3 Å². The summed E-state index contributed by atoms with van der Waals surface area (Å²) < 4.78 is 38.5. The lowest BCUT2D eigenvalue weighted by Crippen LogP contribution is -2.59. The third-order valence-electron chi connectivity index (χ3n) is 11.1. The molecule has 0 aromatic carbocycles. The summed E-state index contributed by atoms with van der Waals surface area (Å²) in [5.41, 5.74) is 0.290. The van der Waals surface area contributed by atoms with Crippen molar-refractivity contribution in [1.29, 1.82) is 0 Å². The van der Waals surface area contributed by atoms with Crippen LogP contribution in [0.3, 0.4) is 0 Å². The molecule has 0 aromatic heterocycles. The van der Waals surface area contributed by atoms with Crippen LogP contribution in [-0.2, 0) is 14.6 Å². The van der Waals surface area contributed by atoms with Crippen LogP contribution in [0.25, 0.3) is 0 Å². The van der Waals surface area contributed by atoms with E-state index in [4.69, 9.17) is 4.18 Å². The first-order chi connectivity index (χ1) is 15.3. The van der Waals surface area contributed by atoms with Crippen molar-refractivity contribution >= 4 is 10.4 Å². The van der Waals surface area contributed by atoms with Crippen molar-refractivity contribution in [2.75, 3.05) is 0 Å². The molecule has 0 bridgehead atoms. The predicted octanol–water partition coefficient (Wildman–Crippen LogP) is 6.27. The number of aliphatic hydroxyl groups excluding tert-OH is 1.